The summed E-state index contributed by atoms with van der Waals surface area (Å²) in [6, 6.07) is 8.34. The molecule has 0 radical (unpaired) electrons. The van der Waals surface area contributed by atoms with Crippen LogP contribution in [0.5, 0.6) is 5.75 Å². The first-order chi connectivity index (χ1) is 11.4. The van der Waals surface area contributed by atoms with Crippen molar-refractivity contribution in [1.82, 2.24) is 9.88 Å². The fraction of sp³-hybridized carbons (Fsp3) is 0.188. The van der Waals surface area contributed by atoms with E-state index in [2.05, 4.69) is 10.3 Å². The zero-order valence-electron chi connectivity index (χ0n) is 13.0. The van der Waals surface area contributed by atoms with Gasteiger partial charge >= 0.3 is 0 Å². The summed E-state index contributed by atoms with van der Waals surface area (Å²) < 4.78 is 5.09. The molecule has 1 heterocycles. The number of hydrogen-bond donors (Lipinski definition) is 1. The molecule has 2 amide bonds. The molecular weight excluding hydrogens is 353 g/mol. The quantitative estimate of drug-likeness (QED) is 0.824. The minimum absolute atomic E-state index is 0.117. The summed E-state index contributed by atoms with van der Waals surface area (Å²) in [6.07, 6.45) is 1.31. The highest BCUT2D eigenvalue weighted by atomic mass is 35.5. The van der Waals surface area contributed by atoms with Gasteiger partial charge in [0.15, 0.2) is 0 Å². The van der Waals surface area contributed by atoms with Crippen molar-refractivity contribution in [2.24, 2.45) is 0 Å². The van der Waals surface area contributed by atoms with E-state index in [1.54, 1.807) is 31.4 Å². The Morgan fingerprint density at radius 1 is 1.29 bits per heavy atom. The number of benzene rings is 1. The second-order valence-corrected chi connectivity index (χ2v) is 5.70. The summed E-state index contributed by atoms with van der Waals surface area (Å²) in [6.45, 7) is -0.129. The van der Waals surface area contributed by atoms with Crippen molar-refractivity contribution in [3.05, 3.63) is 52.3 Å². The average molecular weight is 368 g/mol. The average Bonchev–Trinajstić information content (AvgIpc) is 2.56. The lowest BCUT2D eigenvalue weighted by Gasteiger charge is -2.17. The van der Waals surface area contributed by atoms with Crippen LogP contribution in [0.3, 0.4) is 0 Å². The molecule has 2 rings (SSSR count). The van der Waals surface area contributed by atoms with Crippen molar-refractivity contribution in [3.8, 4) is 5.75 Å². The van der Waals surface area contributed by atoms with Crippen LogP contribution >= 0.6 is 23.2 Å². The number of nitrogens with zero attached hydrogens (tertiary/aromatic N) is 2. The molecule has 1 N–H and O–H groups in total. The van der Waals surface area contributed by atoms with Crippen LogP contribution < -0.4 is 10.1 Å². The van der Waals surface area contributed by atoms with Crippen molar-refractivity contribution < 1.29 is 14.3 Å². The molecule has 24 heavy (non-hydrogen) atoms. The molecule has 2 aromatic rings. The van der Waals surface area contributed by atoms with E-state index in [-0.39, 0.29) is 34.1 Å². The normalized spacial score (nSPS) is 10.2. The van der Waals surface area contributed by atoms with Crippen LogP contribution in [0.25, 0.3) is 0 Å². The van der Waals surface area contributed by atoms with Gasteiger partial charge in [-0.2, -0.15) is 0 Å². The number of hydrogen-bond acceptors (Lipinski definition) is 4. The largest absolute Gasteiger partial charge is 0.497 e. The van der Waals surface area contributed by atoms with E-state index in [9.17, 15) is 9.59 Å². The van der Waals surface area contributed by atoms with Crippen LogP contribution in [-0.2, 0) is 4.79 Å². The molecule has 0 saturated carbocycles. The number of methoxy groups -OCH3 is 1. The van der Waals surface area contributed by atoms with Gasteiger partial charge in [-0.3, -0.25) is 9.59 Å². The highest BCUT2D eigenvalue weighted by Crippen LogP contribution is 2.20. The second kappa shape index (κ2) is 7.99. The Morgan fingerprint density at radius 3 is 2.71 bits per heavy atom. The van der Waals surface area contributed by atoms with Crippen LogP contribution in [0, 0.1) is 0 Å². The first-order valence-corrected chi connectivity index (χ1v) is 7.66. The fourth-order valence-corrected chi connectivity index (χ4v) is 2.22. The van der Waals surface area contributed by atoms with E-state index in [4.69, 9.17) is 27.9 Å². The molecule has 0 aliphatic heterocycles. The Morgan fingerprint density at radius 2 is 2.04 bits per heavy atom. The van der Waals surface area contributed by atoms with Crippen molar-refractivity contribution in [2.45, 2.75) is 0 Å². The van der Waals surface area contributed by atoms with E-state index < -0.39 is 0 Å². The van der Waals surface area contributed by atoms with Gasteiger partial charge < -0.3 is 15.0 Å². The maximum absolute atomic E-state index is 12.3. The lowest BCUT2D eigenvalue weighted by Crippen LogP contribution is -2.35. The predicted octanol–water partition coefficient (Wildman–Crippen LogP) is 3.11. The van der Waals surface area contributed by atoms with E-state index in [1.807, 2.05) is 0 Å². The summed E-state index contributed by atoms with van der Waals surface area (Å²) in [4.78, 5) is 29.4. The minimum atomic E-state index is -0.387. The van der Waals surface area contributed by atoms with Gasteiger partial charge in [0, 0.05) is 25.0 Å². The number of amides is 2. The highest BCUT2D eigenvalue weighted by molar-refractivity contribution is 6.41. The third-order valence-electron chi connectivity index (χ3n) is 3.12. The molecule has 8 heteroatoms. The van der Waals surface area contributed by atoms with Crippen molar-refractivity contribution in [3.63, 3.8) is 0 Å². The number of carbonyl (C=O) groups excluding carboxylic acids is 2. The van der Waals surface area contributed by atoms with Gasteiger partial charge in [-0.15, -0.1) is 0 Å². The zero-order valence-corrected chi connectivity index (χ0v) is 14.6. The van der Waals surface area contributed by atoms with Gasteiger partial charge in [0.25, 0.3) is 5.91 Å². The molecule has 126 valence electrons. The molecule has 0 atom stereocenters. The Balaban J connectivity index is 1.99. The third-order valence-corrected chi connectivity index (χ3v) is 3.81. The maximum atomic E-state index is 12.3. The molecule has 6 nitrogen and oxygen atoms in total. The number of ether oxygens (including phenoxy) is 1. The van der Waals surface area contributed by atoms with E-state index in [0.717, 1.165) is 0 Å². The number of likely N-dealkylation sites (N-methyl/N-ethyl adjacent to an activating group) is 1. The summed E-state index contributed by atoms with van der Waals surface area (Å²) in [5, 5.41) is 2.99. The SMILES string of the molecule is COc1cccc(NC(=O)CN(C)C(=O)c2cnc(Cl)c(Cl)c2)c1. The first kappa shape index (κ1) is 18.0. The molecule has 0 aliphatic rings. The number of halogens is 2. The summed E-state index contributed by atoms with van der Waals surface area (Å²) in [5.74, 6) is -0.104. The predicted molar refractivity (Wildman–Crippen MR) is 92.8 cm³/mol. The van der Waals surface area contributed by atoms with Crippen molar-refractivity contribution in [2.75, 3.05) is 26.0 Å². The van der Waals surface area contributed by atoms with Crippen LogP contribution in [0.15, 0.2) is 36.5 Å². The van der Waals surface area contributed by atoms with E-state index >= 15 is 0 Å². The monoisotopic (exact) mass is 367 g/mol. The molecule has 0 unspecified atom stereocenters. The molecule has 0 aliphatic carbocycles. The van der Waals surface area contributed by atoms with Gasteiger partial charge in [0.1, 0.15) is 10.9 Å². The summed E-state index contributed by atoms with van der Waals surface area (Å²) in [7, 11) is 3.05. The topological polar surface area (TPSA) is 71.5 Å². The second-order valence-electron chi connectivity index (χ2n) is 4.94. The standard InChI is InChI=1S/C16H15Cl2N3O3/c1-21(16(23)10-6-13(17)15(18)19-8-10)9-14(22)20-11-4-3-5-12(7-11)24-2/h3-8H,9H2,1-2H3,(H,20,22). The van der Waals surface area contributed by atoms with Crippen LogP contribution in [-0.4, -0.2) is 42.4 Å². The van der Waals surface area contributed by atoms with Gasteiger partial charge in [-0.1, -0.05) is 29.3 Å². The molecule has 1 aromatic carbocycles. The van der Waals surface area contributed by atoms with Gasteiger partial charge in [0.2, 0.25) is 5.91 Å². The van der Waals surface area contributed by atoms with E-state index in [1.165, 1.54) is 24.2 Å². The fourth-order valence-electron chi connectivity index (χ4n) is 1.95. The maximum Gasteiger partial charge on any atom is 0.255 e. The number of aromatic nitrogens is 1. The number of rotatable bonds is 5. The van der Waals surface area contributed by atoms with Gasteiger partial charge in [-0.25, -0.2) is 4.98 Å². The molecule has 0 spiro atoms. The minimum Gasteiger partial charge on any atom is -0.497 e. The highest BCUT2D eigenvalue weighted by Gasteiger charge is 2.16. The lowest BCUT2D eigenvalue weighted by molar-refractivity contribution is -0.116. The number of carbonyl (C=O) groups is 2. The van der Waals surface area contributed by atoms with Crippen molar-refractivity contribution in [1.29, 1.82) is 0 Å². The Hall–Kier alpha value is -2.31. The van der Waals surface area contributed by atoms with Gasteiger partial charge in [0.05, 0.1) is 24.2 Å². The smallest absolute Gasteiger partial charge is 0.255 e. The first-order valence-electron chi connectivity index (χ1n) is 6.91. The van der Waals surface area contributed by atoms with Crippen LogP contribution in [0.4, 0.5) is 5.69 Å². The summed E-state index contributed by atoms with van der Waals surface area (Å²) in [5.41, 5.74) is 0.831. The lowest BCUT2D eigenvalue weighted by atomic mass is 10.2. The number of anilines is 1. The zero-order chi connectivity index (χ0) is 17.7. The Bertz CT molecular complexity index is 768. The molecular formula is C16H15Cl2N3O3. The Kier molecular flexibility index (Phi) is 6.00. The summed E-state index contributed by atoms with van der Waals surface area (Å²) >= 11 is 11.6. The van der Waals surface area contributed by atoms with Crippen LogP contribution in [0.1, 0.15) is 10.4 Å². The van der Waals surface area contributed by atoms with Gasteiger partial charge in [-0.05, 0) is 18.2 Å². The van der Waals surface area contributed by atoms with Crippen molar-refractivity contribution >= 4 is 40.7 Å². The number of nitrogens with one attached hydrogen (secondary N) is 1. The third kappa shape index (κ3) is 4.59. The van der Waals surface area contributed by atoms with E-state index in [0.29, 0.717) is 11.4 Å². The Labute approximate surface area is 149 Å². The molecule has 0 fully saturated rings. The molecule has 0 saturated heterocycles. The molecule has 0 bridgehead atoms. The number of pyridine rings is 1. The molecule has 1 aromatic heterocycles. The van der Waals surface area contributed by atoms with Crippen LogP contribution in [0.2, 0.25) is 10.2 Å².